The molecule has 0 atom stereocenters. The third-order valence-electron chi connectivity index (χ3n) is 6.55. The Bertz CT molecular complexity index is 1540. The van der Waals surface area contributed by atoms with Gasteiger partial charge in [-0.25, -0.2) is 19.5 Å². The van der Waals surface area contributed by atoms with Gasteiger partial charge in [-0.1, -0.05) is 0 Å². The Morgan fingerprint density at radius 2 is 1.81 bits per heavy atom. The highest BCUT2D eigenvalue weighted by Gasteiger charge is 2.20. The summed E-state index contributed by atoms with van der Waals surface area (Å²) in [7, 11) is 1.71. The average molecular weight is 482 g/mol. The highest BCUT2D eigenvalue weighted by molar-refractivity contribution is 6.00. The first kappa shape index (κ1) is 22.1. The lowest BCUT2D eigenvalue weighted by atomic mass is 10.1. The van der Waals surface area contributed by atoms with E-state index in [4.69, 9.17) is 9.47 Å². The number of nitrogens with one attached hydrogen (secondary N) is 1. The van der Waals surface area contributed by atoms with Crippen molar-refractivity contribution in [3.8, 4) is 17.2 Å². The first-order valence-corrected chi connectivity index (χ1v) is 12.1. The zero-order chi connectivity index (χ0) is 24.5. The van der Waals surface area contributed by atoms with Crippen molar-refractivity contribution in [2.24, 2.45) is 0 Å². The second kappa shape index (κ2) is 9.33. The Labute approximate surface area is 208 Å². The van der Waals surface area contributed by atoms with Crippen molar-refractivity contribution in [2.45, 2.75) is 26.2 Å². The summed E-state index contributed by atoms with van der Waals surface area (Å²) in [6.07, 6.45) is 8.59. The zero-order valence-corrected chi connectivity index (χ0v) is 20.3. The van der Waals surface area contributed by atoms with E-state index in [1.165, 1.54) is 25.6 Å². The normalized spacial score (nSPS) is 13.8. The zero-order valence-electron chi connectivity index (χ0n) is 20.3. The lowest BCUT2D eigenvalue weighted by Crippen LogP contribution is -2.29. The number of hydrogen-bond donors (Lipinski definition) is 1. The Balaban J connectivity index is 1.30. The summed E-state index contributed by atoms with van der Waals surface area (Å²) in [6, 6.07) is 13.8. The summed E-state index contributed by atoms with van der Waals surface area (Å²) in [6.45, 7) is 4.08. The van der Waals surface area contributed by atoms with Crippen molar-refractivity contribution in [2.75, 3.05) is 30.4 Å². The molecule has 1 aliphatic rings. The minimum Gasteiger partial charge on any atom is -0.494 e. The lowest BCUT2D eigenvalue weighted by molar-refractivity contribution is 0.417. The summed E-state index contributed by atoms with van der Waals surface area (Å²) in [5, 5.41) is 8.48. The van der Waals surface area contributed by atoms with E-state index in [1.807, 2.05) is 49.5 Å². The summed E-state index contributed by atoms with van der Waals surface area (Å²) in [4.78, 5) is 15.7. The SMILES string of the molecule is COc1c(N2CCCCC2)ccc2ncnc(Nc3ccc(Oc4ccn5ncnc5c4)c(C)c3)c12. The number of pyridine rings is 1. The smallest absolute Gasteiger partial charge is 0.158 e. The van der Waals surface area contributed by atoms with Crippen LogP contribution in [0.25, 0.3) is 16.6 Å². The molecule has 0 unspecified atom stereocenters. The molecule has 1 N–H and O–H groups in total. The Hall–Kier alpha value is -4.40. The fourth-order valence-electron chi connectivity index (χ4n) is 4.76. The molecule has 9 heteroatoms. The van der Waals surface area contributed by atoms with E-state index in [1.54, 1.807) is 18.0 Å². The van der Waals surface area contributed by atoms with Crippen molar-refractivity contribution in [3.63, 3.8) is 0 Å². The molecule has 0 amide bonds. The van der Waals surface area contributed by atoms with Crippen LogP contribution in [0.5, 0.6) is 17.2 Å². The van der Waals surface area contributed by atoms with E-state index in [2.05, 4.69) is 36.3 Å². The minimum atomic E-state index is 0.705. The number of methoxy groups -OCH3 is 1. The standard InChI is InChI=1S/C27H27N7O2/c1-18-14-19(6-9-23(18)36-20-10-13-34-24(15-20)29-17-31-34)32-27-25-21(28-16-30-27)7-8-22(26(25)35-2)33-11-4-3-5-12-33/h6-10,13-17H,3-5,11-12H2,1-2H3,(H,28,30,32). The monoisotopic (exact) mass is 481 g/mol. The topological polar surface area (TPSA) is 89.7 Å². The number of rotatable bonds is 6. The number of fused-ring (bicyclic) bond motifs is 2. The number of aromatic nitrogens is 5. The third-order valence-corrected chi connectivity index (χ3v) is 6.55. The van der Waals surface area contributed by atoms with Crippen molar-refractivity contribution in [1.29, 1.82) is 0 Å². The van der Waals surface area contributed by atoms with E-state index >= 15 is 0 Å². The minimum absolute atomic E-state index is 0.705. The second-order valence-corrected chi connectivity index (χ2v) is 8.91. The molecule has 0 bridgehead atoms. The van der Waals surface area contributed by atoms with Crippen molar-refractivity contribution in [3.05, 3.63) is 66.9 Å². The predicted molar refractivity (Wildman–Crippen MR) is 140 cm³/mol. The predicted octanol–water partition coefficient (Wildman–Crippen LogP) is 5.52. The van der Waals surface area contributed by atoms with Gasteiger partial charge in [0, 0.05) is 31.0 Å². The van der Waals surface area contributed by atoms with Gasteiger partial charge in [0.2, 0.25) is 0 Å². The van der Waals surface area contributed by atoms with Gasteiger partial charge in [0.05, 0.1) is 23.7 Å². The molecular weight excluding hydrogens is 454 g/mol. The van der Waals surface area contributed by atoms with Gasteiger partial charge in [0.15, 0.2) is 11.4 Å². The van der Waals surface area contributed by atoms with Gasteiger partial charge in [0.25, 0.3) is 0 Å². The average Bonchev–Trinajstić information content (AvgIpc) is 3.38. The van der Waals surface area contributed by atoms with E-state index in [-0.39, 0.29) is 0 Å². The fraction of sp³-hybridized carbons (Fsp3) is 0.259. The van der Waals surface area contributed by atoms with Gasteiger partial charge in [-0.2, -0.15) is 5.10 Å². The fourth-order valence-corrected chi connectivity index (χ4v) is 4.76. The van der Waals surface area contributed by atoms with Gasteiger partial charge in [-0.3, -0.25) is 0 Å². The van der Waals surface area contributed by atoms with Gasteiger partial charge >= 0.3 is 0 Å². The molecule has 6 rings (SSSR count). The van der Waals surface area contributed by atoms with E-state index < -0.39 is 0 Å². The number of anilines is 3. The van der Waals surface area contributed by atoms with Crippen LogP contribution in [0.15, 0.2) is 61.3 Å². The third kappa shape index (κ3) is 4.13. The van der Waals surface area contributed by atoms with Gasteiger partial charge in [-0.05, 0) is 68.1 Å². The number of aryl methyl sites for hydroxylation is 1. The maximum atomic E-state index is 6.12. The number of ether oxygens (including phenoxy) is 2. The molecule has 0 saturated carbocycles. The molecule has 0 aliphatic carbocycles. The summed E-state index contributed by atoms with van der Waals surface area (Å²) < 4.78 is 13.8. The molecule has 3 aromatic heterocycles. The quantitative estimate of drug-likeness (QED) is 0.339. The van der Waals surface area contributed by atoms with Crippen molar-refractivity contribution >= 4 is 33.7 Å². The maximum absolute atomic E-state index is 6.12. The van der Waals surface area contributed by atoms with Crippen molar-refractivity contribution < 1.29 is 9.47 Å². The molecule has 5 aromatic rings. The molecule has 1 saturated heterocycles. The Kier molecular flexibility index (Phi) is 5.73. The van der Waals surface area contributed by atoms with Gasteiger partial charge in [-0.15, -0.1) is 0 Å². The van der Waals surface area contributed by atoms with Crippen LogP contribution < -0.4 is 19.7 Å². The summed E-state index contributed by atoms with van der Waals surface area (Å²) >= 11 is 0. The lowest BCUT2D eigenvalue weighted by Gasteiger charge is -2.30. The number of benzene rings is 2. The first-order valence-electron chi connectivity index (χ1n) is 12.1. The maximum Gasteiger partial charge on any atom is 0.158 e. The Morgan fingerprint density at radius 3 is 2.64 bits per heavy atom. The second-order valence-electron chi connectivity index (χ2n) is 8.91. The summed E-state index contributed by atoms with van der Waals surface area (Å²) in [5.41, 5.74) is 4.55. The van der Waals surface area contributed by atoms with E-state index in [9.17, 15) is 0 Å². The number of hydrogen-bond acceptors (Lipinski definition) is 8. The molecule has 182 valence electrons. The highest BCUT2D eigenvalue weighted by atomic mass is 16.5. The molecule has 9 nitrogen and oxygen atoms in total. The van der Waals surface area contributed by atoms with Gasteiger partial charge < -0.3 is 19.7 Å². The van der Waals surface area contributed by atoms with Crippen LogP contribution in [-0.2, 0) is 0 Å². The largest absolute Gasteiger partial charge is 0.494 e. The van der Waals surface area contributed by atoms with Crippen LogP contribution in [0.3, 0.4) is 0 Å². The van der Waals surface area contributed by atoms with Crippen LogP contribution in [-0.4, -0.2) is 44.8 Å². The molecule has 1 fully saturated rings. The van der Waals surface area contributed by atoms with Crippen LogP contribution in [0.1, 0.15) is 24.8 Å². The molecule has 36 heavy (non-hydrogen) atoms. The molecule has 0 spiro atoms. The van der Waals surface area contributed by atoms with Crippen LogP contribution >= 0.6 is 0 Å². The van der Waals surface area contributed by atoms with Crippen LogP contribution in [0.4, 0.5) is 17.2 Å². The van der Waals surface area contributed by atoms with Crippen molar-refractivity contribution in [1.82, 2.24) is 24.6 Å². The van der Waals surface area contributed by atoms with E-state index in [0.29, 0.717) is 11.6 Å². The molecule has 1 aliphatic heterocycles. The number of nitrogens with zero attached hydrogens (tertiary/aromatic N) is 6. The van der Waals surface area contributed by atoms with Gasteiger partial charge in [0.1, 0.15) is 30.0 Å². The first-order chi connectivity index (χ1) is 17.7. The highest BCUT2D eigenvalue weighted by Crippen LogP contribution is 2.40. The molecule has 4 heterocycles. The van der Waals surface area contributed by atoms with Crippen LogP contribution in [0, 0.1) is 6.92 Å². The summed E-state index contributed by atoms with van der Waals surface area (Å²) in [5.74, 6) is 2.98. The number of piperidine rings is 1. The Morgan fingerprint density at radius 1 is 0.917 bits per heavy atom. The molecule has 2 aromatic carbocycles. The molecule has 0 radical (unpaired) electrons. The van der Waals surface area contributed by atoms with E-state index in [0.717, 1.165) is 58.1 Å². The molecular formula is C27H27N7O2. The van der Waals surface area contributed by atoms with Crippen LogP contribution in [0.2, 0.25) is 0 Å².